The number of nitrogens with one attached hydrogen (secondary N) is 1. The van der Waals surface area contributed by atoms with Crippen molar-refractivity contribution in [1.29, 1.82) is 0 Å². The first-order valence-electron chi connectivity index (χ1n) is 5.51. The van der Waals surface area contributed by atoms with Crippen LogP contribution in [0.3, 0.4) is 0 Å². The lowest BCUT2D eigenvalue weighted by molar-refractivity contribution is -0.124. The number of hydrogen-bond donors (Lipinski definition) is 2. The van der Waals surface area contributed by atoms with Crippen molar-refractivity contribution in [1.82, 2.24) is 5.32 Å². The van der Waals surface area contributed by atoms with Gasteiger partial charge >= 0.3 is 0 Å². The summed E-state index contributed by atoms with van der Waals surface area (Å²) in [6.07, 6.45) is 2.90. The van der Waals surface area contributed by atoms with Gasteiger partial charge in [0.1, 0.15) is 0 Å². The fourth-order valence-electron chi connectivity index (χ4n) is 2.16. The highest BCUT2D eigenvalue weighted by Crippen LogP contribution is 2.34. The van der Waals surface area contributed by atoms with Crippen LogP contribution in [-0.2, 0) is 4.79 Å². The molecule has 2 unspecified atom stereocenters. The van der Waals surface area contributed by atoms with Gasteiger partial charge in [-0.25, -0.2) is 0 Å². The van der Waals surface area contributed by atoms with Crippen molar-refractivity contribution >= 4 is 5.91 Å². The third-order valence-corrected chi connectivity index (χ3v) is 3.08. The Kier molecular flexibility index (Phi) is 3.53. The number of nitrogens with two attached hydrogens (primary N) is 1. The minimum atomic E-state index is -0.413. The highest BCUT2D eigenvalue weighted by molar-refractivity contribution is 5.85. The van der Waals surface area contributed by atoms with Gasteiger partial charge in [-0.05, 0) is 37.6 Å². The summed E-state index contributed by atoms with van der Waals surface area (Å²) in [6.45, 7) is 7.33. The molecule has 82 valence electrons. The molecule has 3 nitrogen and oxygen atoms in total. The van der Waals surface area contributed by atoms with Crippen LogP contribution < -0.4 is 11.1 Å². The van der Waals surface area contributed by atoms with E-state index in [1.54, 1.807) is 0 Å². The van der Waals surface area contributed by atoms with Crippen LogP contribution in [0, 0.1) is 11.8 Å². The van der Waals surface area contributed by atoms with Crippen LogP contribution in [0.4, 0.5) is 0 Å². The predicted octanol–water partition coefficient (Wildman–Crippen LogP) is 1.28. The zero-order valence-electron chi connectivity index (χ0n) is 9.47. The normalized spacial score (nSPS) is 32.4. The molecule has 1 aliphatic rings. The van der Waals surface area contributed by atoms with Crippen molar-refractivity contribution in [2.45, 2.75) is 45.6 Å². The Labute approximate surface area is 86.4 Å². The number of primary amides is 1. The summed E-state index contributed by atoms with van der Waals surface area (Å²) in [4.78, 5) is 11.4. The molecule has 0 aromatic rings. The molecule has 3 heteroatoms. The standard InChI is InChI=1S/C11H22N2O/c1-8(2)7-13-11(10(12)14)5-4-9(3)6-11/h8-9,13H,4-7H2,1-3H3,(H2,12,14). The van der Waals surface area contributed by atoms with Gasteiger partial charge < -0.3 is 11.1 Å². The number of carbonyl (C=O) groups excluding carboxylic acids is 1. The van der Waals surface area contributed by atoms with Gasteiger partial charge in [0.2, 0.25) is 5.91 Å². The maximum atomic E-state index is 11.4. The van der Waals surface area contributed by atoms with Crippen molar-refractivity contribution in [2.24, 2.45) is 17.6 Å². The Balaban J connectivity index is 2.59. The Morgan fingerprint density at radius 3 is 2.64 bits per heavy atom. The smallest absolute Gasteiger partial charge is 0.237 e. The Morgan fingerprint density at radius 1 is 1.64 bits per heavy atom. The Hall–Kier alpha value is -0.570. The third kappa shape index (κ3) is 2.47. The van der Waals surface area contributed by atoms with Crippen LogP contribution in [0.2, 0.25) is 0 Å². The van der Waals surface area contributed by atoms with Gasteiger partial charge in [-0.2, -0.15) is 0 Å². The highest BCUT2D eigenvalue weighted by atomic mass is 16.1. The summed E-state index contributed by atoms with van der Waals surface area (Å²) >= 11 is 0. The number of carbonyl (C=O) groups is 1. The van der Waals surface area contributed by atoms with Gasteiger partial charge in [-0.3, -0.25) is 4.79 Å². The lowest BCUT2D eigenvalue weighted by Crippen LogP contribution is -2.54. The number of hydrogen-bond acceptors (Lipinski definition) is 2. The molecule has 1 fully saturated rings. The molecule has 2 atom stereocenters. The second kappa shape index (κ2) is 4.30. The van der Waals surface area contributed by atoms with Crippen molar-refractivity contribution in [3.63, 3.8) is 0 Å². The predicted molar refractivity (Wildman–Crippen MR) is 57.8 cm³/mol. The molecule has 0 aliphatic heterocycles. The van der Waals surface area contributed by atoms with E-state index in [0.29, 0.717) is 11.8 Å². The first-order valence-corrected chi connectivity index (χ1v) is 5.51. The van der Waals surface area contributed by atoms with E-state index in [1.807, 2.05) is 0 Å². The molecule has 14 heavy (non-hydrogen) atoms. The minimum absolute atomic E-state index is 0.178. The second-order valence-corrected chi connectivity index (χ2v) is 5.07. The molecule has 1 aliphatic carbocycles. The summed E-state index contributed by atoms with van der Waals surface area (Å²) < 4.78 is 0. The van der Waals surface area contributed by atoms with Crippen molar-refractivity contribution in [3.8, 4) is 0 Å². The Bertz CT molecular complexity index is 215. The molecule has 1 rings (SSSR count). The van der Waals surface area contributed by atoms with Crippen LogP contribution in [0.1, 0.15) is 40.0 Å². The molecule has 0 radical (unpaired) electrons. The first kappa shape index (κ1) is 11.5. The van der Waals surface area contributed by atoms with Crippen molar-refractivity contribution in [3.05, 3.63) is 0 Å². The monoisotopic (exact) mass is 198 g/mol. The highest BCUT2D eigenvalue weighted by Gasteiger charge is 2.41. The second-order valence-electron chi connectivity index (χ2n) is 5.07. The molecule has 0 spiro atoms. The van der Waals surface area contributed by atoms with Crippen LogP contribution in [0.15, 0.2) is 0 Å². The lowest BCUT2D eigenvalue weighted by atomic mass is 9.94. The molecule has 0 bridgehead atoms. The topological polar surface area (TPSA) is 55.1 Å². The average molecular weight is 198 g/mol. The summed E-state index contributed by atoms with van der Waals surface area (Å²) in [5, 5.41) is 3.35. The van der Waals surface area contributed by atoms with Gasteiger partial charge in [-0.15, -0.1) is 0 Å². The van der Waals surface area contributed by atoms with Crippen molar-refractivity contribution < 1.29 is 4.79 Å². The first-order chi connectivity index (χ1) is 6.46. The third-order valence-electron chi connectivity index (χ3n) is 3.08. The minimum Gasteiger partial charge on any atom is -0.368 e. The quantitative estimate of drug-likeness (QED) is 0.715. The van der Waals surface area contributed by atoms with Crippen LogP contribution in [0.25, 0.3) is 0 Å². The molecular weight excluding hydrogens is 176 g/mol. The lowest BCUT2D eigenvalue weighted by Gasteiger charge is -2.28. The van der Waals surface area contributed by atoms with Gasteiger partial charge in [0.25, 0.3) is 0 Å². The number of amides is 1. The fraction of sp³-hybridized carbons (Fsp3) is 0.909. The zero-order valence-corrected chi connectivity index (χ0v) is 9.47. The maximum Gasteiger partial charge on any atom is 0.237 e. The largest absolute Gasteiger partial charge is 0.368 e. The van der Waals surface area contributed by atoms with Crippen LogP contribution in [0.5, 0.6) is 0 Å². The molecule has 1 amide bonds. The molecule has 0 heterocycles. The average Bonchev–Trinajstić information content (AvgIpc) is 2.45. The SMILES string of the molecule is CC(C)CNC1(C(N)=O)CCC(C)C1. The fourth-order valence-corrected chi connectivity index (χ4v) is 2.16. The van der Waals surface area contributed by atoms with Crippen LogP contribution in [-0.4, -0.2) is 18.0 Å². The molecule has 0 aromatic carbocycles. The van der Waals surface area contributed by atoms with Gasteiger partial charge in [0.15, 0.2) is 0 Å². The molecule has 1 saturated carbocycles. The van der Waals surface area contributed by atoms with Crippen molar-refractivity contribution in [2.75, 3.05) is 6.54 Å². The van der Waals surface area contributed by atoms with E-state index in [1.165, 1.54) is 0 Å². The van der Waals surface area contributed by atoms with Gasteiger partial charge in [0, 0.05) is 0 Å². The van der Waals surface area contributed by atoms with E-state index in [2.05, 4.69) is 26.1 Å². The number of rotatable bonds is 4. The zero-order chi connectivity index (χ0) is 10.8. The van der Waals surface area contributed by atoms with E-state index in [4.69, 9.17) is 5.73 Å². The van der Waals surface area contributed by atoms with Gasteiger partial charge in [0.05, 0.1) is 5.54 Å². The van der Waals surface area contributed by atoms with E-state index in [9.17, 15) is 4.79 Å². The van der Waals surface area contributed by atoms with E-state index >= 15 is 0 Å². The Morgan fingerprint density at radius 2 is 2.29 bits per heavy atom. The summed E-state index contributed by atoms with van der Waals surface area (Å²) in [5.41, 5.74) is 5.07. The summed E-state index contributed by atoms with van der Waals surface area (Å²) in [7, 11) is 0. The summed E-state index contributed by atoms with van der Waals surface area (Å²) in [5.74, 6) is 0.992. The molecule has 0 saturated heterocycles. The van der Waals surface area contributed by atoms with E-state index in [-0.39, 0.29) is 5.91 Å². The van der Waals surface area contributed by atoms with Gasteiger partial charge in [-0.1, -0.05) is 20.8 Å². The van der Waals surface area contributed by atoms with E-state index < -0.39 is 5.54 Å². The molecule has 3 N–H and O–H groups in total. The molecule has 0 aromatic heterocycles. The van der Waals surface area contributed by atoms with Crippen LogP contribution >= 0.6 is 0 Å². The summed E-state index contributed by atoms with van der Waals surface area (Å²) in [6, 6.07) is 0. The molecular formula is C11H22N2O. The van der Waals surface area contributed by atoms with E-state index in [0.717, 1.165) is 25.8 Å². The maximum absolute atomic E-state index is 11.4.